The van der Waals surface area contributed by atoms with Gasteiger partial charge in [-0.2, -0.15) is 0 Å². The van der Waals surface area contributed by atoms with Gasteiger partial charge >= 0.3 is 0 Å². The number of pyridine rings is 1. The Morgan fingerprint density at radius 3 is 1.82 bits per heavy atom. The third-order valence-corrected chi connectivity index (χ3v) is 12.4. The lowest BCUT2D eigenvalue weighted by Crippen LogP contribution is -2.14. The van der Waals surface area contributed by atoms with Gasteiger partial charge < -0.3 is 0 Å². The van der Waals surface area contributed by atoms with Gasteiger partial charge in [-0.3, -0.25) is 0 Å². The van der Waals surface area contributed by atoms with Crippen LogP contribution < -0.4 is 0 Å². The molecule has 0 saturated heterocycles. The van der Waals surface area contributed by atoms with E-state index in [4.69, 9.17) is 4.98 Å². The summed E-state index contributed by atoms with van der Waals surface area (Å²) in [6, 6.07) is 60.6. The second-order valence-corrected chi connectivity index (χ2v) is 16.7. The molecule has 0 saturated carbocycles. The molecular weight excluding hydrogens is 687 g/mol. The van der Waals surface area contributed by atoms with Gasteiger partial charge in [0.1, 0.15) is 0 Å². The van der Waals surface area contributed by atoms with Crippen LogP contribution in [0.25, 0.3) is 66.7 Å². The molecule has 0 unspecified atom stereocenters. The van der Waals surface area contributed by atoms with E-state index >= 15 is 0 Å². The Bertz CT molecular complexity index is 2700. The maximum Gasteiger partial charge on any atom is 0.0716 e. The Morgan fingerprint density at radius 1 is 0.421 bits per heavy atom. The van der Waals surface area contributed by atoms with Crippen molar-refractivity contribution in [3.05, 3.63) is 197 Å². The Labute approximate surface area is 339 Å². The highest BCUT2D eigenvalue weighted by molar-refractivity contribution is 5.99. The molecule has 9 rings (SSSR count). The van der Waals surface area contributed by atoms with Crippen molar-refractivity contribution in [1.82, 2.24) is 4.98 Å². The first-order valence-corrected chi connectivity index (χ1v) is 20.8. The summed E-state index contributed by atoms with van der Waals surface area (Å²) in [6.45, 7) is 9.22. The molecule has 0 atom stereocenters. The average molecular weight is 738 g/mol. The minimum Gasteiger partial charge on any atom is -0.248 e. The molecule has 1 nitrogen and oxygen atoms in total. The molecule has 0 spiro atoms. The van der Waals surface area contributed by atoms with Gasteiger partial charge in [0.2, 0.25) is 0 Å². The van der Waals surface area contributed by atoms with Gasteiger partial charge in [0.15, 0.2) is 0 Å². The van der Waals surface area contributed by atoms with E-state index in [1.165, 1.54) is 115 Å². The first-order valence-electron chi connectivity index (χ1n) is 20.8. The predicted octanol–water partition coefficient (Wildman–Crippen LogP) is 15.2. The van der Waals surface area contributed by atoms with Crippen LogP contribution >= 0.6 is 0 Å². The van der Waals surface area contributed by atoms with Gasteiger partial charge in [0, 0.05) is 16.4 Å². The third kappa shape index (κ3) is 7.24. The Balaban J connectivity index is 0.995. The minimum absolute atomic E-state index is 0.0627. The van der Waals surface area contributed by atoms with Crippen LogP contribution in [0.15, 0.2) is 164 Å². The van der Waals surface area contributed by atoms with Crippen LogP contribution in [0.3, 0.4) is 0 Å². The van der Waals surface area contributed by atoms with Crippen molar-refractivity contribution in [2.75, 3.05) is 0 Å². The fourth-order valence-corrected chi connectivity index (χ4v) is 9.40. The predicted molar refractivity (Wildman–Crippen MR) is 243 cm³/mol. The summed E-state index contributed by atoms with van der Waals surface area (Å²) < 4.78 is 0. The summed E-state index contributed by atoms with van der Waals surface area (Å²) in [7, 11) is 0. The zero-order valence-corrected chi connectivity index (χ0v) is 33.8. The maximum atomic E-state index is 5.34. The summed E-state index contributed by atoms with van der Waals surface area (Å²) in [4.78, 5) is 5.34. The molecule has 0 N–H and O–H groups in total. The summed E-state index contributed by atoms with van der Waals surface area (Å²) in [5.41, 5.74) is 21.5. The molecule has 1 aliphatic rings. The van der Waals surface area contributed by atoms with E-state index < -0.39 is 0 Å². The van der Waals surface area contributed by atoms with Crippen LogP contribution in [0.4, 0.5) is 0 Å². The van der Waals surface area contributed by atoms with Crippen LogP contribution in [-0.4, -0.2) is 4.98 Å². The van der Waals surface area contributed by atoms with Crippen molar-refractivity contribution in [1.29, 1.82) is 0 Å². The van der Waals surface area contributed by atoms with Crippen LogP contribution in [0.2, 0.25) is 0 Å². The van der Waals surface area contributed by atoms with E-state index in [0.29, 0.717) is 0 Å². The van der Waals surface area contributed by atoms with Crippen LogP contribution in [-0.2, 0) is 18.3 Å². The summed E-state index contributed by atoms with van der Waals surface area (Å²) in [5, 5.41) is 1.17. The van der Waals surface area contributed by atoms with E-state index in [1.807, 2.05) is 0 Å². The summed E-state index contributed by atoms with van der Waals surface area (Å²) >= 11 is 0. The van der Waals surface area contributed by atoms with E-state index in [9.17, 15) is 0 Å². The number of nitrogens with zero attached hydrogens (tertiary/aromatic N) is 1. The van der Waals surface area contributed by atoms with Crippen molar-refractivity contribution in [2.24, 2.45) is 0 Å². The number of rotatable bonds is 11. The van der Waals surface area contributed by atoms with Crippen LogP contribution in [0.1, 0.15) is 72.9 Å². The zero-order valence-electron chi connectivity index (χ0n) is 33.8. The fourth-order valence-electron chi connectivity index (χ4n) is 9.40. The summed E-state index contributed by atoms with van der Waals surface area (Å²) in [5.74, 6) is 0. The number of unbranched alkanes of at least 4 members (excludes halogenated alkanes) is 3. The zero-order chi connectivity index (χ0) is 38.9. The number of fused-ring (bicyclic) bond motifs is 4. The molecule has 7 aromatic carbocycles. The van der Waals surface area contributed by atoms with E-state index in [-0.39, 0.29) is 5.41 Å². The number of hydrogen-bond donors (Lipinski definition) is 0. The standard InChI is InChI=1S/C56H51N/c1-38-32-46(43-25-17-22-41(34-43)21-10-6-5-9-18-40-19-11-7-12-20-40)33-39(2)55(38)45-29-31-53-50(35-45)49(42-23-13-8-14-24-42)37-54(57-53)44-28-30-48-47-26-15-16-27-51(47)56(3,4)52(48)36-44/h7-8,11-17,19-20,22-37H,5-6,9-10,18,21H2,1-4H3. The van der Waals surface area contributed by atoms with Gasteiger partial charge in [0.05, 0.1) is 11.2 Å². The highest BCUT2D eigenvalue weighted by Crippen LogP contribution is 2.49. The topological polar surface area (TPSA) is 12.9 Å². The molecule has 1 aromatic heterocycles. The van der Waals surface area contributed by atoms with Gasteiger partial charge in [-0.05, 0) is 142 Å². The monoisotopic (exact) mass is 737 g/mol. The average Bonchev–Trinajstić information content (AvgIpc) is 3.47. The van der Waals surface area contributed by atoms with E-state index in [2.05, 4.69) is 191 Å². The second kappa shape index (κ2) is 15.5. The molecule has 57 heavy (non-hydrogen) atoms. The number of hydrogen-bond acceptors (Lipinski definition) is 1. The molecule has 0 aliphatic heterocycles. The smallest absolute Gasteiger partial charge is 0.0716 e. The molecular formula is C56H51N. The van der Waals surface area contributed by atoms with E-state index in [0.717, 1.165) is 23.2 Å². The molecule has 8 aromatic rings. The largest absolute Gasteiger partial charge is 0.248 e. The Hall–Kier alpha value is -6.05. The first-order chi connectivity index (χ1) is 27.8. The molecule has 1 aliphatic carbocycles. The van der Waals surface area contributed by atoms with Crippen molar-refractivity contribution >= 4 is 10.9 Å². The maximum absolute atomic E-state index is 5.34. The van der Waals surface area contributed by atoms with E-state index in [1.54, 1.807) is 0 Å². The van der Waals surface area contributed by atoms with Gasteiger partial charge in [0.25, 0.3) is 0 Å². The Kier molecular flexibility index (Phi) is 9.93. The lowest BCUT2D eigenvalue weighted by molar-refractivity contribution is 0.640. The fraction of sp³-hybridized carbons (Fsp3) is 0.196. The third-order valence-electron chi connectivity index (χ3n) is 12.4. The molecule has 1 heterocycles. The number of aryl methyl sites for hydroxylation is 4. The van der Waals surface area contributed by atoms with Crippen molar-refractivity contribution in [3.63, 3.8) is 0 Å². The highest BCUT2D eigenvalue weighted by atomic mass is 14.7. The minimum atomic E-state index is -0.0627. The molecule has 0 fully saturated rings. The Morgan fingerprint density at radius 2 is 1.05 bits per heavy atom. The molecule has 0 bridgehead atoms. The molecule has 280 valence electrons. The SMILES string of the molecule is Cc1cc(-c2cccc(CCCCCCc3ccccc3)c2)cc(C)c1-c1ccc2nc(-c3ccc4c(c3)C(C)(C)c3ccccc3-4)cc(-c3ccccc3)c2c1. The summed E-state index contributed by atoms with van der Waals surface area (Å²) in [6.07, 6.45) is 7.38. The number of benzene rings is 7. The highest BCUT2D eigenvalue weighted by Gasteiger charge is 2.35. The molecule has 1 heteroatoms. The van der Waals surface area contributed by atoms with Crippen molar-refractivity contribution in [3.8, 4) is 55.8 Å². The molecule has 0 radical (unpaired) electrons. The van der Waals surface area contributed by atoms with Crippen molar-refractivity contribution in [2.45, 2.75) is 71.6 Å². The first kappa shape index (κ1) is 36.6. The van der Waals surface area contributed by atoms with Crippen molar-refractivity contribution < 1.29 is 0 Å². The normalized spacial score (nSPS) is 12.8. The number of aromatic nitrogens is 1. The van der Waals surface area contributed by atoms with Crippen LogP contribution in [0, 0.1) is 13.8 Å². The van der Waals surface area contributed by atoms with Gasteiger partial charge in [-0.1, -0.05) is 166 Å². The lowest BCUT2D eigenvalue weighted by atomic mass is 9.82. The lowest BCUT2D eigenvalue weighted by Gasteiger charge is -2.22. The molecule has 0 amide bonds. The second-order valence-electron chi connectivity index (χ2n) is 16.7. The quantitative estimate of drug-likeness (QED) is 0.120. The van der Waals surface area contributed by atoms with Gasteiger partial charge in [-0.25, -0.2) is 4.98 Å². The van der Waals surface area contributed by atoms with Gasteiger partial charge in [-0.15, -0.1) is 0 Å². The van der Waals surface area contributed by atoms with Crippen LogP contribution in [0.5, 0.6) is 0 Å².